The first-order valence-electron chi connectivity index (χ1n) is 7.15. The van der Waals surface area contributed by atoms with Gasteiger partial charge in [-0.15, -0.1) is 0 Å². The smallest absolute Gasteiger partial charge is 0.0417 e. The van der Waals surface area contributed by atoms with E-state index in [1.165, 1.54) is 16.9 Å². The number of hydrogen-bond donors (Lipinski definition) is 1. The molecule has 2 aromatic rings. The van der Waals surface area contributed by atoms with Crippen LogP contribution in [-0.4, -0.2) is 26.2 Å². The summed E-state index contributed by atoms with van der Waals surface area (Å²) in [4.78, 5) is 4.88. The third-order valence-electron chi connectivity index (χ3n) is 3.97. The molecule has 1 saturated heterocycles. The number of hydrogen-bond acceptors (Lipinski definition) is 3. The molecule has 0 aromatic heterocycles. The van der Waals surface area contributed by atoms with E-state index in [-0.39, 0.29) is 0 Å². The monoisotopic (exact) mass is 267 g/mol. The fourth-order valence-electron chi connectivity index (χ4n) is 2.81. The summed E-state index contributed by atoms with van der Waals surface area (Å²) >= 11 is 0. The average molecular weight is 267 g/mol. The lowest BCUT2D eigenvalue weighted by atomic mass is 10.1. The van der Waals surface area contributed by atoms with Crippen LogP contribution in [-0.2, 0) is 0 Å². The molecule has 1 heterocycles. The maximum Gasteiger partial charge on any atom is 0.0417 e. The highest BCUT2D eigenvalue weighted by molar-refractivity contribution is 5.62. The summed E-state index contributed by atoms with van der Waals surface area (Å²) in [5.41, 5.74) is 10.6. The van der Waals surface area contributed by atoms with Crippen molar-refractivity contribution in [1.82, 2.24) is 0 Å². The summed E-state index contributed by atoms with van der Waals surface area (Å²) in [6.45, 7) is 6.34. The standard InChI is InChI=1S/C17H21N3/c1-14-7-8-15(18)13-17(14)20-11-9-19(10-12-20)16-5-3-2-4-6-16/h2-8,13H,9-12,18H2,1H3. The second-order valence-electron chi connectivity index (χ2n) is 5.36. The molecule has 2 aromatic carbocycles. The summed E-state index contributed by atoms with van der Waals surface area (Å²) in [7, 11) is 0. The maximum absolute atomic E-state index is 5.92. The predicted molar refractivity (Wildman–Crippen MR) is 86.5 cm³/mol. The van der Waals surface area contributed by atoms with Gasteiger partial charge in [0.1, 0.15) is 0 Å². The van der Waals surface area contributed by atoms with Gasteiger partial charge in [-0.3, -0.25) is 0 Å². The van der Waals surface area contributed by atoms with Gasteiger partial charge in [0.2, 0.25) is 0 Å². The van der Waals surface area contributed by atoms with E-state index >= 15 is 0 Å². The van der Waals surface area contributed by atoms with Gasteiger partial charge in [0.05, 0.1) is 0 Å². The van der Waals surface area contributed by atoms with Crippen molar-refractivity contribution in [3.8, 4) is 0 Å². The van der Waals surface area contributed by atoms with E-state index in [4.69, 9.17) is 5.73 Å². The van der Waals surface area contributed by atoms with Crippen LogP contribution in [0.1, 0.15) is 5.56 Å². The molecule has 0 aliphatic carbocycles. The van der Waals surface area contributed by atoms with E-state index in [1.54, 1.807) is 0 Å². The number of nitrogens with two attached hydrogens (primary N) is 1. The van der Waals surface area contributed by atoms with E-state index in [0.29, 0.717) is 0 Å². The van der Waals surface area contributed by atoms with Crippen LogP contribution in [0.4, 0.5) is 17.1 Å². The Labute approximate surface area is 120 Å². The number of aryl methyl sites for hydroxylation is 1. The topological polar surface area (TPSA) is 32.5 Å². The molecule has 1 aliphatic heterocycles. The van der Waals surface area contributed by atoms with Gasteiger partial charge in [-0.25, -0.2) is 0 Å². The number of nitrogen functional groups attached to an aromatic ring is 1. The molecule has 0 radical (unpaired) electrons. The summed E-state index contributed by atoms with van der Waals surface area (Å²) in [5.74, 6) is 0. The zero-order chi connectivity index (χ0) is 13.9. The molecule has 0 spiro atoms. The van der Waals surface area contributed by atoms with Gasteiger partial charge in [0.25, 0.3) is 0 Å². The zero-order valence-electron chi connectivity index (χ0n) is 11.9. The van der Waals surface area contributed by atoms with Crippen LogP contribution in [0.15, 0.2) is 48.5 Å². The fourth-order valence-corrected chi connectivity index (χ4v) is 2.81. The molecule has 0 saturated carbocycles. The number of benzene rings is 2. The Balaban J connectivity index is 1.71. The van der Waals surface area contributed by atoms with Gasteiger partial charge in [-0.05, 0) is 36.8 Å². The Morgan fingerprint density at radius 1 is 0.850 bits per heavy atom. The van der Waals surface area contributed by atoms with Crippen molar-refractivity contribution in [1.29, 1.82) is 0 Å². The number of nitrogens with zero attached hydrogens (tertiary/aromatic N) is 2. The van der Waals surface area contributed by atoms with E-state index in [1.807, 2.05) is 6.07 Å². The van der Waals surface area contributed by atoms with Gasteiger partial charge < -0.3 is 15.5 Å². The van der Waals surface area contributed by atoms with E-state index in [9.17, 15) is 0 Å². The molecular formula is C17H21N3. The second kappa shape index (κ2) is 5.45. The number of rotatable bonds is 2. The quantitative estimate of drug-likeness (QED) is 0.849. The minimum Gasteiger partial charge on any atom is -0.399 e. The molecule has 2 N–H and O–H groups in total. The fraction of sp³-hybridized carbons (Fsp3) is 0.294. The number of piperazine rings is 1. The number of para-hydroxylation sites is 1. The second-order valence-corrected chi connectivity index (χ2v) is 5.36. The molecule has 3 nitrogen and oxygen atoms in total. The van der Waals surface area contributed by atoms with E-state index in [2.05, 4.69) is 59.2 Å². The Bertz CT molecular complexity index is 572. The van der Waals surface area contributed by atoms with Crippen LogP contribution in [0.5, 0.6) is 0 Å². The number of anilines is 3. The van der Waals surface area contributed by atoms with Crippen molar-refractivity contribution in [2.75, 3.05) is 41.7 Å². The van der Waals surface area contributed by atoms with Crippen molar-refractivity contribution in [3.05, 3.63) is 54.1 Å². The molecule has 1 aliphatic rings. The van der Waals surface area contributed by atoms with Crippen molar-refractivity contribution >= 4 is 17.1 Å². The molecule has 0 unspecified atom stereocenters. The third kappa shape index (κ3) is 2.57. The van der Waals surface area contributed by atoms with E-state index in [0.717, 1.165) is 31.9 Å². The summed E-state index contributed by atoms with van der Waals surface area (Å²) < 4.78 is 0. The van der Waals surface area contributed by atoms with Crippen molar-refractivity contribution < 1.29 is 0 Å². The summed E-state index contributed by atoms with van der Waals surface area (Å²) in [6.07, 6.45) is 0. The minimum atomic E-state index is 0.844. The Morgan fingerprint density at radius 2 is 1.50 bits per heavy atom. The van der Waals surface area contributed by atoms with Crippen LogP contribution in [0, 0.1) is 6.92 Å². The zero-order valence-corrected chi connectivity index (χ0v) is 11.9. The molecule has 3 heteroatoms. The van der Waals surface area contributed by atoms with Crippen LogP contribution >= 0.6 is 0 Å². The van der Waals surface area contributed by atoms with Crippen molar-refractivity contribution in [2.45, 2.75) is 6.92 Å². The van der Waals surface area contributed by atoms with Crippen molar-refractivity contribution in [3.63, 3.8) is 0 Å². The summed E-state index contributed by atoms with van der Waals surface area (Å²) in [6, 6.07) is 16.8. The van der Waals surface area contributed by atoms with Crippen LogP contribution < -0.4 is 15.5 Å². The molecule has 0 amide bonds. The van der Waals surface area contributed by atoms with Gasteiger partial charge in [-0.1, -0.05) is 24.3 Å². The highest BCUT2D eigenvalue weighted by Crippen LogP contribution is 2.25. The lowest BCUT2D eigenvalue weighted by Gasteiger charge is -2.38. The average Bonchev–Trinajstić information content (AvgIpc) is 2.51. The van der Waals surface area contributed by atoms with Crippen LogP contribution in [0.3, 0.4) is 0 Å². The largest absolute Gasteiger partial charge is 0.399 e. The van der Waals surface area contributed by atoms with Gasteiger partial charge in [0.15, 0.2) is 0 Å². The van der Waals surface area contributed by atoms with Gasteiger partial charge in [-0.2, -0.15) is 0 Å². The Morgan fingerprint density at radius 3 is 2.20 bits per heavy atom. The Kier molecular flexibility index (Phi) is 3.50. The molecular weight excluding hydrogens is 246 g/mol. The van der Waals surface area contributed by atoms with Crippen molar-refractivity contribution in [2.24, 2.45) is 0 Å². The van der Waals surface area contributed by atoms with Crippen LogP contribution in [0.2, 0.25) is 0 Å². The highest BCUT2D eigenvalue weighted by Gasteiger charge is 2.18. The third-order valence-corrected chi connectivity index (χ3v) is 3.97. The first-order valence-corrected chi connectivity index (χ1v) is 7.15. The predicted octanol–water partition coefficient (Wildman–Crippen LogP) is 2.90. The lowest BCUT2D eigenvalue weighted by Crippen LogP contribution is -2.46. The lowest BCUT2D eigenvalue weighted by molar-refractivity contribution is 0.652. The van der Waals surface area contributed by atoms with Gasteiger partial charge >= 0.3 is 0 Å². The van der Waals surface area contributed by atoms with Gasteiger partial charge in [0, 0.05) is 43.2 Å². The normalized spacial score (nSPS) is 15.4. The molecule has 20 heavy (non-hydrogen) atoms. The van der Waals surface area contributed by atoms with E-state index < -0.39 is 0 Å². The van der Waals surface area contributed by atoms with Crippen LogP contribution in [0.25, 0.3) is 0 Å². The molecule has 104 valence electrons. The molecule has 0 atom stereocenters. The highest BCUT2D eigenvalue weighted by atomic mass is 15.3. The molecule has 1 fully saturated rings. The maximum atomic E-state index is 5.92. The minimum absolute atomic E-state index is 0.844. The molecule has 3 rings (SSSR count). The summed E-state index contributed by atoms with van der Waals surface area (Å²) in [5, 5.41) is 0. The molecule has 0 bridgehead atoms. The first-order chi connectivity index (χ1) is 9.74. The first kappa shape index (κ1) is 12.9. The Hall–Kier alpha value is -2.16. The SMILES string of the molecule is Cc1ccc(N)cc1N1CCN(c2ccccc2)CC1.